The molecule has 0 atom stereocenters. The highest BCUT2D eigenvalue weighted by Crippen LogP contribution is 2.12. The van der Waals surface area contributed by atoms with Gasteiger partial charge < -0.3 is 15.4 Å². The fraction of sp³-hybridized carbons (Fsp3) is 0.786. The highest BCUT2D eigenvalue weighted by molar-refractivity contribution is 5.35. The summed E-state index contributed by atoms with van der Waals surface area (Å²) in [7, 11) is 0. The zero-order valence-electron chi connectivity index (χ0n) is 13.1. The van der Waals surface area contributed by atoms with Gasteiger partial charge in [0, 0.05) is 13.1 Å². The van der Waals surface area contributed by atoms with Crippen molar-refractivity contribution in [3.8, 4) is 6.01 Å². The summed E-state index contributed by atoms with van der Waals surface area (Å²) in [4.78, 5) is 12.9. The Morgan fingerprint density at radius 1 is 0.900 bits per heavy atom. The summed E-state index contributed by atoms with van der Waals surface area (Å²) in [5, 5.41) is 6.40. The van der Waals surface area contributed by atoms with Crippen molar-refractivity contribution in [1.82, 2.24) is 15.0 Å². The van der Waals surface area contributed by atoms with E-state index in [-0.39, 0.29) is 6.10 Å². The lowest BCUT2D eigenvalue weighted by atomic mass is 10.2. The molecule has 0 unspecified atom stereocenters. The van der Waals surface area contributed by atoms with Crippen LogP contribution in [0, 0.1) is 0 Å². The Bertz CT molecular complexity index is 384. The minimum Gasteiger partial charge on any atom is -0.461 e. The highest BCUT2D eigenvalue weighted by atomic mass is 16.5. The van der Waals surface area contributed by atoms with Gasteiger partial charge in [0.1, 0.15) is 0 Å². The quantitative estimate of drug-likeness (QED) is 0.642. The molecule has 0 aliphatic rings. The Balaban J connectivity index is 2.69. The number of nitrogens with one attached hydrogen (secondary N) is 2. The van der Waals surface area contributed by atoms with Crippen molar-refractivity contribution in [2.75, 3.05) is 23.7 Å². The number of hydrogen-bond acceptors (Lipinski definition) is 6. The molecule has 0 aliphatic heterocycles. The molecule has 2 N–H and O–H groups in total. The van der Waals surface area contributed by atoms with Gasteiger partial charge in [-0.05, 0) is 26.7 Å². The molecule has 0 bridgehead atoms. The molecule has 1 heterocycles. The van der Waals surface area contributed by atoms with Crippen LogP contribution < -0.4 is 15.4 Å². The van der Waals surface area contributed by atoms with Crippen molar-refractivity contribution >= 4 is 11.9 Å². The van der Waals surface area contributed by atoms with Crippen LogP contribution in [0.5, 0.6) is 6.01 Å². The number of aromatic nitrogens is 3. The molecule has 114 valence electrons. The zero-order valence-corrected chi connectivity index (χ0v) is 13.1. The van der Waals surface area contributed by atoms with Gasteiger partial charge in [-0.3, -0.25) is 0 Å². The molecule has 0 aliphatic carbocycles. The van der Waals surface area contributed by atoms with E-state index >= 15 is 0 Å². The van der Waals surface area contributed by atoms with Gasteiger partial charge in [-0.1, -0.05) is 26.7 Å². The third-order valence-corrected chi connectivity index (χ3v) is 2.55. The number of rotatable bonds is 10. The monoisotopic (exact) mass is 281 g/mol. The minimum atomic E-state index is 0.0457. The summed E-state index contributed by atoms with van der Waals surface area (Å²) in [6, 6.07) is 0.367. The Labute approximate surface area is 121 Å². The third-order valence-electron chi connectivity index (χ3n) is 2.55. The number of anilines is 2. The maximum absolute atomic E-state index is 5.56. The fourth-order valence-electron chi connectivity index (χ4n) is 1.59. The molecular weight excluding hydrogens is 254 g/mol. The van der Waals surface area contributed by atoms with E-state index in [1.54, 1.807) is 0 Å². The fourth-order valence-corrected chi connectivity index (χ4v) is 1.59. The van der Waals surface area contributed by atoms with Crippen molar-refractivity contribution in [3.05, 3.63) is 0 Å². The Kier molecular flexibility index (Phi) is 7.69. The van der Waals surface area contributed by atoms with Crippen molar-refractivity contribution in [1.29, 1.82) is 0 Å². The standard InChI is InChI=1S/C14H27N5O/c1-5-7-8-10-16-13-17-12(15-9-6-2)18-14(19-13)20-11(3)4/h11H,5-10H2,1-4H3,(H2,15,16,17,18,19). The number of nitrogens with zero attached hydrogens (tertiary/aromatic N) is 3. The average molecular weight is 281 g/mol. The lowest BCUT2D eigenvalue weighted by Crippen LogP contribution is -2.14. The van der Waals surface area contributed by atoms with E-state index in [1.165, 1.54) is 12.8 Å². The molecule has 6 nitrogen and oxygen atoms in total. The van der Waals surface area contributed by atoms with Crippen LogP contribution in [0.25, 0.3) is 0 Å². The summed E-state index contributed by atoms with van der Waals surface area (Å²) in [6.45, 7) is 9.90. The van der Waals surface area contributed by atoms with Crippen LogP contribution in [-0.2, 0) is 0 Å². The Hall–Kier alpha value is -1.59. The molecule has 0 fully saturated rings. The van der Waals surface area contributed by atoms with Gasteiger partial charge >= 0.3 is 6.01 Å². The number of hydrogen-bond donors (Lipinski definition) is 2. The van der Waals surface area contributed by atoms with Gasteiger partial charge in [-0.15, -0.1) is 0 Å². The van der Waals surface area contributed by atoms with Gasteiger partial charge in [0.15, 0.2) is 0 Å². The average Bonchev–Trinajstić information content (AvgIpc) is 2.40. The molecule has 0 spiro atoms. The van der Waals surface area contributed by atoms with Crippen LogP contribution in [0.2, 0.25) is 0 Å². The van der Waals surface area contributed by atoms with Crippen LogP contribution in [0.4, 0.5) is 11.9 Å². The van der Waals surface area contributed by atoms with E-state index in [0.717, 1.165) is 25.9 Å². The largest absolute Gasteiger partial charge is 0.461 e. The van der Waals surface area contributed by atoms with Crippen molar-refractivity contribution in [2.24, 2.45) is 0 Å². The maximum Gasteiger partial charge on any atom is 0.323 e. The predicted molar refractivity (Wildman–Crippen MR) is 82.4 cm³/mol. The van der Waals surface area contributed by atoms with Gasteiger partial charge in [0.2, 0.25) is 11.9 Å². The molecule has 6 heteroatoms. The van der Waals surface area contributed by atoms with Gasteiger partial charge in [0.05, 0.1) is 6.10 Å². The summed E-state index contributed by atoms with van der Waals surface area (Å²) < 4.78 is 5.56. The first-order chi connectivity index (χ1) is 9.65. The topological polar surface area (TPSA) is 72.0 Å². The second-order valence-corrected chi connectivity index (χ2v) is 4.99. The van der Waals surface area contributed by atoms with E-state index in [9.17, 15) is 0 Å². The first-order valence-electron chi connectivity index (χ1n) is 7.56. The van der Waals surface area contributed by atoms with E-state index in [1.807, 2.05) is 13.8 Å². The second kappa shape index (κ2) is 9.34. The molecule has 1 aromatic rings. The first kappa shape index (κ1) is 16.5. The molecule has 0 amide bonds. The van der Waals surface area contributed by atoms with Crippen molar-refractivity contribution < 1.29 is 4.74 Å². The minimum absolute atomic E-state index is 0.0457. The molecule has 20 heavy (non-hydrogen) atoms. The predicted octanol–water partition coefficient (Wildman–Crippen LogP) is 3.08. The molecule has 0 saturated carbocycles. The first-order valence-corrected chi connectivity index (χ1v) is 7.56. The zero-order chi connectivity index (χ0) is 14.8. The van der Waals surface area contributed by atoms with Crippen LogP contribution in [0.3, 0.4) is 0 Å². The van der Waals surface area contributed by atoms with Gasteiger partial charge in [-0.25, -0.2) is 0 Å². The third kappa shape index (κ3) is 6.54. The lowest BCUT2D eigenvalue weighted by molar-refractivity contribution is 0.222. The summed E-state index contributed by atoms with van der Waals surface area (Å²) in [6.07, 6.45) is 4.58. The number of unbranched alkanes of at least 4 members (excludes halogenated alkanes) is 2. The highest BCUT2D eigenvalue weighted by Gasteiger charge is 2.08. The van der Waals surface area contributed by atoms with E-state index in [2.05, 4.69) is 39.4 Å². The lowest BCUT2D eigenvalue weighted by Gasteiger charge is -2.12. The van der Waals surface area contributed by atoms with Gasteiger partial charge in [-0.2, -0.15) is 15.0 Å². The van der Waals surface area contributed by atoms with E-state index in [4.69, 9.17) is 4.74 Å². The van der Waals surface area contributed by atoms with E-state index < -0.39 is 0 Å². The normalized spacial score (nSPS) is 10.7. The second-order valence-electron chi connectivity index (χ2n) is 4.99. The molecule has 0 aromatic carbocycles. The Morgan fingerprint density at radius 2 is 1.55 bits per heavy atom. The molecule has 1 aromatic heterocycles. The van der Waals surface area contributed by atoms with Gasteiger partial charge in [0.25, 0.3) is 0 Å². The van der Waals surface area contributed by atoms with Crippen LogP contribution in [-0.4, -0.2) is 34.1 Å². The van der Waals surface area contributed by atoms with E-state index in [0.29, 0.717) is 17.9 Å². The Morgan fingerprint density at radius 3 is 2.10 bits per heavy atom. The van der Waals surface area contributed by atoms with Crippen LogP contribution in [0.1, 0.15) is 53.4 Å². The van der Waals surface area contributed by atoms with Crippen LogP contribution in [0.15, 0.2) is 0 Å². The molecular formula is C14H27N5O. The molecule has 0 radical (unpaired) electrons. The smallest absolute Gasteiger partial charge is 0.323 e. The van der Waals surface area contributed by atoms with Crippen LogP contribution >= 0.6 is 0 Å². The molecule has 1 rings (SSSR count). The number of ether oxygens (including phenoxy) is 1. The summed E-state index contributed by atoms with van der Waals surface area (Å²) in [5.41, 5.74) is 0. The summed E-state index contributed by atoms with van der Waals surface area (Å²) >= 11 is 0. The van der Waals surface area contributed by atoms with Crippen molar-refractivity contribution in [2.45, 2.75) is 59.5 Å². The maximum atomic E-state index is 5.56. The summed E-state index contributed by atoms with van der Waals surface area (Å²) in [5.74, 6) is 1.14. The van der Waals surface area contributed by atoms with Crippen molar-refractivity contribution in [3.63, 3.8) is 0 Å². The SMILES string of the molecule is CCCCCNc1nc(NCCC)nc(OC(C)C)n1. The molecule has 0 saturated heterocycles.